The summed E-state index contributed by atoms with van der Waals surface area (Å²) in [6.07, 6.45) is 2.03. The van der Waals surface area contributed by atoms with Crippen LogP contribution < -0.4 is 4.74 Å². The molecule has 0 amide bonds. The Morgan fingerprint density at radius 1 is 1.18 bits per heavy atom. The molecule has 0 bridgehead atoms. The van der Waals surface area contributed by atoms with Crippen LogP contribution >= 0.6 is 0 Å². The van der Waals surface area contributed by atoms with E-state index in [1.54, 1.807) is 12.1 Å². The molecule has 0 aliphatic carbocycles. The zero-order valence-electron chi connectivity index (χ0n) is 12.3. The molecule has 1 aromatic heterocycles. The van der Waals surface area contributed by atoms with Crippen LogP contribution in [0.15, 0.2) is 54.7 Å². The number of carboxylic acid groups (broad SMARTS) is 1. The number of aryl methyl sites for hydroxylation is 1. The second-order valence-corrected chi connectivity index (χ2v) is 5.08. The fourth-order valence-corrected chi connectivity index (χ4v) is 2.56. The van der Waals surface area contributed by atoms with Crippen molar-refractivity contribution in [1.29, 1.82) is 0 Å². The van der Waals surface area contributed by atoms with Crippen LogP contribution in [0, 0.1) is 0 Å². The molecule has 0 spiro atoms. The van der Waals surface area contributed by atoms with Gasteiger partial charge in [0.15, 0.2) is 0 Å². The SMILES string of the molecule is CCn1cc(COc2ccccc2)c2ccc(C(=O)O)cc21. The summed E-state index contributed by atoms with van der Waals surface area (Å²) in [6, 6.07) is 14.9. The van der Waals surface area contributed by atoms with Gasteiger partial charge in [-0.05, 0) is 31.2 Å². The van der Waals surface area contributed by atoms with Crippen LogP contribution in [0.25, 0.3) is 10.9 Å². The van der Waals surface area contributed by atoms with Gasteiger partial charge in [0.2, 0.25) is 0 Å². The molecule has 1 heterocycles. The van der Waals surface area contributed by atoms with E-state index in [1.165, 1.54) is 0 Å². The second kappa shape index (κ2) is 5.93. The van der Waals surface area contributed by atoms with Gasteiger partial charge in [0.25, 0.3) is 0 Å². The van der Waals surface area contributed by atoms with Crippen LogP contribution in [0.1, 0.15) is 22.8 Å². The Kier molecular flexibility index (Phi) is 3.83. The Hall–Kier alpha value is -2.75. The van der Waals surface area contributed by atoms with Gasteiger partial charge in [0, 0.05) is 29.2 Å². The minimum atomic E-state index is -0.909. The molecule has 0 aliphatic rings. The first kappa shape index (κ1) is 14.2. The van der Waals surface area contributed by atoms with Crippen molar-refractivity contribution in [2.45, 2.75) is 20.1 Å². The van der Waals surface area contributed by atoms with E-state index in [1.807, 2.05) is 54.1 Å². The van der Waals surface area contributed by atoms with Crippen molar-refractivity contribution in [2.75, 3.05) is 0 Å². The van der Waals surface area contributed by atoms with Gasteiger partial charge in [0.05, 0.1) is 5.56 Å². The number of aromatic nitrogens is 1. The largest absolute Gasteiger partial charge is 0.489 e. The summed E-state index contributed by atoms with van der Waals surface area (Å²) in [5.74, 6) is -0.0881. The van der Waals surface area contributed by atoms with E-state index in [9.17, 15) is 4.79 Å². The van der Waals surface area contributed by atoms with Crippen LogP contribution in [0.3, 0.4) is 0 Å². The summed E-state index contributed by atoms with van der Waals surface area (Å²) >= 11 is 0. The number of para-hydroxylation sites is 1. The molecule has 22 heavy (non-hydrogen) atoms. The van der Waals surface area contributed by atoms with Crippen molar-refractivity contribution in [2.24, 2.45) is 0 Å². The molecule has 3 aromatic rings. The van der Waals surface area contributed by atoms with E-state index in [2.05, 4.69) is 0 Å². The van der Waals surface area contributed by atoms with E-state index in [0.717, 1.165) is 28.8 Å². The normalized spacial score (nSPS) is 10.8. The molecule has 3 rings (SSSR count). The summed E-state index contributed by atoms with van der Waals surface area (Å²) in [5, 5.41) is 10.2. The average molecular weight is 295 g/mol. The molecule has 1 N–H and O–H groups in total. The number of ether oxygens (including phenoxy) is 1. The third-order valence-corrected chi connectivity index (χ3v) is 3.69. The van der Waals surface area contributed by atoms with E-state index >= 15 is 0 Å². The lowest BCUT2D eigenvalue weighted by Gasteiger charge is -2.04. The smallest absolute Gasteiger partial charge is 0.335 e. The van der Waals surface area contributed by atoms with E-state index < -0.39 is 5.97 Å². The number of fused-ring (bicyclic) bond motifs is 1. The summed E-state index contributed by atoms with van der Waals surface area (Å²) in [7, 11) is 0. The highest BCUT2D eigenvalue weighted by Gasteiger charge is 2.11. The lowest BCUT2D eigenvalue weighted by Crippen LogP contribution is -1.97. The predicted molar refractivity (Wildman–Crippen MR) is 85.3 cm³/mol. The molecular weight excluding hydrogens is 278 g/mol. The van der Waals surface area contributed by atoms with Gasteiger partial charge in [-0.25, -0.2) is 4.79 Å². The molecule has 0 saturated heterocycles. The Bertz CT molecular complexity index is 806. The first-order valence-corrected chi connectivity index (χ1v) is 7.22. The number of rotatable bonds is 5. The van der Waals surface area contributed by atoms with Crippen LogP contribution in [0.2, 0.25) is 0 Å². The third-order valence-electron chi connectivity index (χ3n) is 3.69. The predicted octanol–water partition coefficient (Wildman–Crippen LogP) is 3.94. The number of benzene rings is 2. The minimum Gasteiger partial charge on any atom is -0.489 e. The standard InChI is InChI=1S/C18H17NO3/c1-2-19-11-14(12-22-15-6-4-3-5-7-15)16-9-8-13(18(20)21)10-17(16)19/h3-11H,2,12H2,1H3,(H,20,21). The fourth-order valence-electron chi connectivity index (χ4n) is 2.56. The Morgan fingerprint density at radius 2 is 1.95 bits per heavy atom. The maximum absolute atomic E-state index is 11.1. The second-order valence-electron chi connectivity index (χ2n) is 5.08. The summed E-state index contributed by atoms with van der Waals surface area (Å²) in [5.41, 5.74) is 2.28. The van der Waals surface area contributed by atoms with Crippen LogP contribution in [-0.2, 0) is 13.2 Å². The van der Waals surface area contributed by atoms with Gasteiger partial charge < -0.3 is 14.4 Å². The van der Waals surface area contributed by atoms with Gasteiger partial charge in [-0.15, -0.1) is 0 Å². The lowest BCUT2D eigenvalue weighted by molar-refractivity contribution is 0.0697. The Balaban J connectivity index is 1.94. The average Bonchev–Trinajstić information content (AvgIpc) is 2.91. The number of carboxylic acids is 1. The molecule has 0 radical (unpaired) electrons. The topological polar surface area (TPSA) is 51.5 Å². The van der Waals surface area contributed by atoms with Gasteiger partial charge in [-0.1, -0.05) is 24.3 Å². The zero-order valence-corrected chi connectivity index (χ0v) is 12.3. The molecule has 2 aromatic carbocycles. The van der Waals surface area contributed by atoms with Crippen molar-refractivity contribution in [1.82, 2.24) is 4.57 Å². The Morgan fingerprint density at radius 3 is 2.64 bits per heavy atom. The molecule has 4 heteroatoms. The van der Waals surface area contributed by atoms with E-state index in [-0.39, 0.29) is 0 Å². The quantitative estimate of drug-likeness (QED) is 0.775. The van der Waals surface area contributed by atoms with Crippen LogP contribution in [0.4, 0.5) is 0 Å². The Labute approximate surface area is 128 Å². The number of hydrogen-bond acceptors (Lipinski definition) is 2. The summed E-state index contributed by atoms with van der Waals surface area (Å²) in [6.45, 7) is 3.28. The molecule has 0 atom stereocenters. The lowest BCUT2D eigenvalue weighted by atomic mass is 10.1. The van der Waals surface area contributed by atoms with Crippen molar-refractivity contribution in [3.05, 3.63) is 65.9 Å². The fraction of sp³-hybridized carbons (Fsp3) is 0.167. The summed E-state index contributed by atoms with van der Waals surface area (Å²) < 4.78 is 7.85. The highest BCUT2D eigenvalue weighted by Crippen LogP contribution is 2.24. The molecule has 4 nitrogen and oxygen atoms in total. The van der Waals surface area contributed by atoms with Crippen molar-refractivity contribution < 1.29 is 14.6 Å². The number of aromatic carboxylic acids is 1. The van der Waals surface area contributed by atoms with Crippen molar-refractivity contribution in [3.63, 3.8) is 0 Å². The number of hydrogen-bond donors (Lipinski definition) is 1. The van der Waals surface area contributed by atoms with Gasteiger partial charge in [0.1, 0.15) is 12.4 Å². The molecule has 0 unspecified atom stereocenters. The first-order chi connectivity index (χ1) is 10.7. The highest BCUT2D eigenvalue weighted by atomic mass is 16.5. The molecule has 0 aliphatic heterocycles. The van der Waals surface area contributed by atoms with Gasteiger partial charge in [-0.3, -0.25) is 0 Å². The maximum atomic E-state index is 11.1. The monoisotopic (exact) mass is 295 g/mol. The summed E-state index contributed by atoms with van der Waals surface area (Å²) in [4.78, 5) is 11.1. The molecular formula is C18H17NO3. The molecule has 0 saturated carbocycles. The molecule has 0 fully saturated rings. The maximum Gasteiger partial charge on any atom is 0.335 e. The van der Waals surface area contributed by atoms with Crippen molar-refractivity contribution >= 4 is 16.9 Å². The zero-order chi connectivity index (χ0) is 15.5. The number of nitrogens with zero attached hydrogens (tertiary/aromatic N) is 1. The van der Waals surface area contributed by atoms with Crippen LogP contribution in [0.5, 0.6) is 5.75 Å². The minimum absolute atomic E-state index is 0.302. The first-order valence-electron chi connectivity index (χ1n) is 7.22. The van der Waals surface area contributed by atoms with Crippen molar-refractivity contribution in [3.8, 4) is 5.75 Å². The number of carbonyl (C=O) groups is 1. The van der Waals surface area contributed by atoms with E-state index in [4.69, 9.17) is 9.84 Å². The molecule has 112 valence electrons. The van der Waals surface area contributed by atoms with E-state index in [0.29, 0.717) is 12.2 Å². The van der Waals surface area contributed by atoms with Gasteiger partial charge >= 0.3 is 5.97 Å². The highest BCUT2D eigenvalue weighted by molar-refractivity contribution is 5.94. The van der Waals surface area contributed by atoms with Crippen LogP contribution in [-0.4, -0.2) is 15.6 Å². The third kappa shape index (κ3) is 2.68. The van der Waals surface area contributed by atoms with Gasteiger partial charge in [-0.2, -0.15) is 0 Å².